The largest absolute Gasteiger partial charge is 0.377 e. The number of ether oxygens (including phenoxy) is 1. The van der Waals surface area contributed by atoms with Crippen molar-refractivity contribution >= 4 is 16.6 Å². The van der Waals surface area contributed by atoms with E-state index in [1.165, 1.54) is 13.2 Å². The predicted octanol–water partition coefficient (Wildman–Crippen LogP) is 1.29. The maximum absolute atomic E-state index is 12.8. The van der Waals surface area contributed by atoms with Gasteiger partial charge in [-0.2, -0.15) is 0 Å². The molecule has 88 valence electrons. The lowest BCUT2D eigenvalue weighted by Crippen LogP contribution is -2.15. The Balaban J connectivity index is 2.73. The number of carbonyl (C=O) groups is 1. The Morgan fingerprint density at radius 3 is 2.62 bits per heavy atom. The molecule has 6 heteroatoms. The van der Waals surface area contributed by atoms with Crippen LogP contribution >= 0.6 is 0 Å². The molecule has 3 nitrogen and oxygen atoms in total. The first-order chi connectivity index (χ1) is 7.54. The Morgan fingerprint density at radius 1 is 1.38 bits per heavy atom. The zero-order chi connectivity index (χ0) is 12.1. The number of benzene rings is 1. The fourth-order valence-corrected chi connectivity index (χ4v) is 2.05. The third-order valence-electron chi connectivity index (χ3n) is 1.75. The van der Waals surface area contributed by atoms with Crippen molar-refractivity contribution < 1.29 is 22.5 Å². The normalized spacial score (nSPS) is 12.4. The summed E-state index contributed by atoms with van der Waals surface area (Å²) in [6.45, 7) is -0.143. The highest BCUT2D eigenvalue weighted by molar-refractivity contribution is 7.85. The van der Waals surface area contributed by atoms with Crippen LogP contribution in [0.3, 0.4) is 0 Å². The number of carbonyl (C=O) groups excluding carboxylic acids is 1. The molecule has 0 spiro atoms. The van der Waals surface area contributed by atoms with E-state index in [0.29, 0.717) is 0 Å². The second kappa shape index (κ2) is 5.81. The molecule has 0 bridgehead atoms. The van der Waals surface area contributed by atoms with E-state index in [-0.39, 0.29) is 23.0 Å². The zero-order valence-corrected chi connectivity index (χ0v) is 9.35. The quantitative estimate of drug-likeness (QED) is 0.788. The molecular weight excluding hydrogens is 238 g/mol. The van der Waals surface area contributed by atoms with E-state index in [2.05, 4.69) is 4.74 Å². The summed E-state index contributed by atoms with van der Waals surface area (Å²) in [6, 6.07) is 2.89. The first-order valence-electron chi connectivity index (χ1n) is 4.38. The number of Topliss-reactive ketones (excluding diaryl/α,β-unsaturated/α-hetero) is 1. The molecule has 1 unspecified atom stereocenters. The van der Waals surface area contributed by atoms with Gasteiger partial charge in [0.1, 0.15) is 6.61 Å². The maximum Gasteiger partial charge on any atom is 0.171 e. The third-order valence-corrected chi connectivity index (χ3v) is 3.12. The van der Waals surface area contributed by atoms with Gasteiger partial charge in [-0.1, -0.05) is 0 Å². The Labute approximate surface area is 93.9 Å². The minimum atomic E-state index is -1.67. The molecule has 0 aliphatic carbocycles. The fraction of sp³-hybridized carbons (Fsp3) is 0.300. The average Bonchev–Trinajstić information content (AvgIpc) is 2.22. The van der Waals surface area contributed by atoms with Crippen LogP contribution in [-0.4, -0.2) is 29.5 Å². The van der Waals surface area contributed by atoms with Crippen LogP contribution in [-0.2, 0) is 20.3 Å². The molecule has 1 aromatic carbocycles. The lowest BCUT2D eigenvalue weighted by molar-refractivity contribution is -0.120. The number of methoxy groups -OCH3 is 1. The van der Waals surface area contributed by atoms with E-state index in [9.17, 15) is 17.8 Å². The molecule has 1 atom stereocenters. The molecular formula is C10H10F2O3S. The molecule has 0 aliphatic heterocycles. The van der Waals surface area contributed by atoms with Gasteiger partial charge >= 0.3 is 0 Å². The molecule has 1 rings (SSSR count). The Hall–Kier alpha value is -1.14. The van der Waals surface area contributed by atoms with E-state index in [1.54, 1.807) is 0 Å². The van der Waals surface area contributed by atoms with E-state index in [4.69, 9.17) is 0 Å². The first-order valence-corrected chi connectivity index (χ1v) is 5.70. The summed E-state index contributed by atoms with van der Waals surface area (Å²) in [5.74, 6) is -2.71. The van der Waals surface area contributed by atoms with Crippen LogP contribution < -0.4 is 0 Å². The highest BCUT2D eigenvalue weighted by Crippen LogP contribution is 2.12. The molecule has 0 N–H and O–H groups in total. The van der Waals surface area contributed by atoms with Gasteiger partial charge < -0.3 is 4.74 Å². The first kappa shape index (κ1) is 12.9. The van der Waals surface area contributed by atoms with Crippen LogP contribution in [0.15, 0.2) is 23.1 Å². The topological polar surface area (TPSA) is 43.4 Å². The summed E-state index contributed by atoms with van der Waals surface area (Å²) in [5.41, 5.74) is 0. The highest BCUT2D eigenvalue weighted by atomic mass is 32.2. The van der Waals surface area contributed by atoms with Crippen molar-refractivity contribution in [2.75, 3.05) is 19.5 Å². The minimum absolute atomic E-state index is 0.0864. The zero-order valence-electron chi connectivity index (χ0n) is 8.54. The number of halogens is 2. The number of ketones is 1. The van der Waals surface area contributed by atoms with Crippen molar-refractivity contribution in [3.8, 4) is 0 Å². The van der Waals surface area contributed by atoms with Crippen molar-refractivity contribution in [3.05, 3.63) is 29.8 Å². The fourth-order valence-electron chi connectivity index (χ4n) is 1.05. The molecule has 0 aliphatic rings. The average molecular weight is 248 g/mol. The third kappa shape index (κ3) is 3.46. The Bertz CT molecular complexity index is 421. The van der Waals surface area contributed by atoms with E-state index < -0.39 is 22.4 Å². The number of hydrogen-bond acceptors (Lipinski definition) is 3. The van der Waals surface area contributed by atoms with Gasteiger partial charge in [-0.3, -0.25) is 9.00 Å². The van der Waals surface area contributed by atoms with Crippen molar-refractivity contribution in [3.63, 3.8) is 0 Å². The number of hydrogen-bond donors (Lipinski definition) is 0. The maximum atomic E-state index is 12.8. The second-order valence-electron chi connectivity index (χ2n) is 3.04. The summed E-state index contributed by atoms with van der Waals surface area (Å²) in [6.07, 6.45) is 0. The van der Waals surface area contributed by atoms with Gasteiger partial charge in [0, 0.05) is 12.0 Å². The minimum Gasteiger partial charge on any atom is -0.377 e. The molecule has 0 radical (unpaired) electrons. The van der Waals surface area contributed by atoms with Crippen LogP contribution in [0.5, 0.6) is 0 Å². The summed E-state index contributed by atoms with van der Waals surface area (Å²) < 4.78 is 41.5. The molecule has 16 heavy (non-hydrogen) atoms. The highest BCUT2D eigenvalue weighted by Gasteiger charge is 2.12. The molecule has 0 aromatic heterocycles. The summed E-state index contributed by atoms with van der Waals surface area (Å²) in [4.78, 5) is 11.2. The van der Waals surface area contributed by atoms with E-state index in [0.717, 1.165) is 12.1 Å². The Morgan fingerprint density at radius 2 is 2.06 bits per heavy atom. The lowest BCUT2D eigenvalue weighted by atomic mass is 10.3. The van der Waals surface area contributed by atoms with Crippen molar-refractivity contribution in [1.29, 1.82) is 0 Å². The molecule has 0 amide bonds. The van der Waals surface area contributed by atoms with Gasteiger partial charge in [0.05, 0.1) is 16.6 Å². The van der Waals surface area contributed by atoms with Gasteiger partial charge in [-0.15, -0.1) is 0 Å². The predicted molar refractivity (Wildman–Crippen MR) is 54.5 cm³/mol. The summed E-state index contributed by atoms with van der Waals surface area (Å²) in [5, 5.41) is 0. The SMILES string of the molecule is COCC(=O)CS(=O)c1ccc(F)c(F)c1. The summed E-state index contributed by atoms with van der Waals surface area (Å²) in [7, 11) is -0.324. The molecule has 0 heterocycles. The van der Waals surface area contributed by atoms with Crippen molar-refractivity contribution in [2.45, 2.75) is 4.90 Å². The second-order valence-corrected chi connectivity index (χ2v) is 4.49. The molecule has 0 saturated heterocycles. The smallest absolute Gasteiger partial charge is 0.171 e. The molecule has 1 aromatic rings. The standard InChI is InChI=1S/C10H10F2O3S/c1-15-5-7(13)6-16(14)8-2-3-9(11)10(12)4-8/h2-4H,5-6H2,1H3. The molecule has 0 saturated carbocycles. The van der Waals surface area contributed by atoms with E-state index >= 15 is 0 Å². The van der Waals surface area contributed by atoms with Gasteiger partial charge in [-0.05, 0) is 18.2 Å². The van der Waals surface area contributed by atoms with Crippen LogP contribution in [0, 0.1) is 11.6 Å². The number of rotatable bonds is 5. The molecule has 0 fully saturated rings. The van der Waals surface area contributed by atoms with Gasteiger partial charge in [0.25, 0.3) is 0 Å². The van der Waals surface area contributed by atoms with Gasteiger partial charge in [0.15, 0.2) is 17.4 Å². The van der Waals surface area contributed by atoms with Gasteiger partial charge in [-0.25, -0.2) is 8.78 Å². The Kier molecular flexibility index (Phi) is 4.70. The van der Waals surface area contributed by atoms with Crippen molar-refractivity contribution in [1.82, 2.24) is 0 Å². The van der Waals surface area contributed by atoms with Crippen LogP contribution in [0.1, 0.15) is 0 Å². The summed E-state index contributed by atoms with van der Waals surface area (Å²) >= 11 is 0. The van der Waals surface area contributed by atoms with E-state index in [1.807, 2.05) is 0 Å². The van der Waals surface area contributed by atoms with Crippen LogP contribution in [0.4, 0.5) is 8.78 Å². The van der Waals surface area contributed by atoms with Crippen LogP contribution in [0.2, 0.25) is 0 Å². The lowest BCUT2D eigenvalue weighted by Gasteiger charge is -2.02. The van der Waals surface area contributed by atoms with Crippen molar-refractivity contribution in [2.24, 2.45) is 0 Å². The van der Waals surface area contributed by atoms with Gasteiger partial charge in [0.2, 0.25) is 0 Å². The monoisotopic (exact) mass is 248 g/mol. The van der Waals surface area contributed by atoms with Crippen LogP contribution in [0.25, 0.3) is 0 Å².